The van der Waals surface area contributed by atoms with Gasteiger partial charge in [0.25, 0.3) is 0 Å². The smallest absolute Gasteiger partial charge is 0.244 e. The highest BCUT2D eigenvalue weighted by molar-refractivity contribution is 7.89. The molecule has 1 aromatic heterocycles. The lowest BCUT2D eigenvalue weighted by atomic mass is 10.0. The summed E-state index contributed by atoms with van der Waals surface area (Å²) in [5.74, 6) is 1.61. The molecule has 1 aliphatic heterocycles. The Morgan fingerprint density at radius 2 is 1.62 bits per heavy atom. The first-order valence-electron chi connectivity index (χ1n) is 11.3. The van der Waals surface area contributed by atoms with Gasteiger partial charge in [-0.05, 0) is 44.0 Å². The van der Waals surface area contributed by atoms with Crippen LogP contribution in [0.15, 0.2) is 47.4 Å². The maximum Gasteiger partial charge on any atom is 0.244 e. The molecule has 180 valence electrons. The van der Waals surface area contributed by atoms with Gasteiger partial charge in [0.15, 0.2) is 0 Å². The van der Waals surface area contributed by atoms with Crippen molar-refractivity contribution < 1.29 is 8.42 Å². The first kappa shape index (κ1) is 24.9. The Labute approximate surface area is 211 Å². The Morgan fingerprint density at radius 3 is 2.26 bits per heavy atom. The van der Waals surface area contributed by atoms with E-state index in [0.717, 1.165) is 35.7 Å². The summed E-state index contributed by atoms with van der Waals surface area (Å²) in [5.41, 5.74) is 4.55. The molecule has 0 amide bonds. The first-order chi connectivity index (χ1) is 16.2. The number of rotatable bonds is 6. The van der Waals surface area contributed by atoms with Gasteiger partial charge in [-0.1, -0.05) is 60.0 Å². The summed E-state index contributed by atoms with van der Waals surface area (Å²) in [6.45, 7) is 7.80. The Balaban J connectivity index is 1.60. The van der Waals surface area contributed by atoms with Crippen LogP contribution in [-0.4, -0.2) is 48.9 Å². The van der Waals surface area contributed by atoms with Crippen LogP contribution in [0.4, 0.5) is 5.82 Å². The summed E-state index contributed by atoms with van der Waals surface area (Å²) < 4.78 is 27.9. The van der Waals surface area contributed by atoms with Gasteiger partial charge in [-0.25, -0.2) is 18.4 Å². The normalized spacial score (nSPS) is 15.0. The molecular formula is C25H28Cl2N4O2S. The fourth-order valence-electron chi connectivity index (χ4n) is 4.24. The van der Waals surface area contributed by atoms with Gasteiger partial charge in [-0.2, -0.15) is 4.31 Å². The molecule has 1 saturated heterocycles. The molecule has 1 fully saturated rings. The summed E-state index contributed by atoms with van der Waals surface area (Å²) in [7, 11) is -3.75. The Morgan fingerprint density at radius 1 is 0.941 bits per heavy atom. The van der Waals surface area contributed by atoms with E-state index < -0.39 is 10.0 Å². The number of aryl methyl sites for hydroxylation is 3. The molecule has 6 nitrogen and oxygen atoms in total. The minimum absolute atomic E-state index is 0.0429. The predicted octanol–water partition coefficient (Wildman–Crippen LogP) is 5.06. The molecular weight excluding hydrogens is 491 g/mol. The Bertz CT molecular complexity index is 1290. The van der Waals surface area contributed by atoms with E-state index in [1.807, 2.05) is 6.92 Å². The first-order valence-corrected chi connectivity index (χ1v) is 13.5. The number of halogens is 2. The molecule has 0 spiro atoms. The third kappa shape index (κ3) is 5.23. The molecule has 4 rings (SSSR count). The van der Waals surface area contributed by atoms with E-state index in [1.165, 1.54) is 27.6 Å². The van der Waals surface area contributed by atoms with Crippen molar-refractivity contribution in [2.75, 3.05) is 31.1 Å². The molecule has 0 saturated carbocycles. The molecule has 0 N–H and O–H groups in total. The van der Waals surface area contributed by atoms with Crippen LogP contribution in [0.3, 0.4) is 0 Å². The van der Waals surface area contributed by atoms with Gasteiger partial charge < -0.3 is 4.90 Å². The average molecular weight is 519 g/mol. The number of anilines is 1. The van der Waals surface area contributed by atoms with E-state index in [0.29, 0.717) is 31.2 Å². The maximum atomic E-state index is 13.2. The lowest BCUT2D eigenvalue weighted by Crippen LogP contribution is -2.49. The van der Waals surface area contributed by atoms with Crippen molar-refractivity contribution in [3.05, 3.63) is 80.7 Å². The predicted molar refractivity (Wildman–Crippen MR) is 138 cm³/mol. The molecule has 2 heterocycles. The Kier molecular flexibility index (Phi) is 7.48. The highest BCUT2D eigenvalue weighted by Gasteiger charge is 2.31. The largest absolute Gasteiger partial charge is 0.354 e. The zero-order valence-electron chi connectivity index (χ0n) is 19.6. The van der Waals surface area contributed by atoms with Gasteiger partial charge in [0.2, 0.25) is 10.0 Å². The van der Waals surface area contributed by atoms with Crippen molar-refractivity contribution in [1.29, 1.82) is 0 Å². The molecule has 0 aliphatic carbocycles. The third-order valence-electron chi connectivity index (χ3n) is 6.07. The van der Waals surface area contributed by atoms with Crippen molar-refractivity contribution in [3.63, 3.8) is 0 Å². The SMILES string of the molecule is CCc1nc(C)nc(N2CCN(S(=O)(=O)c3cc(Cl)ccc3Cl)CC2)c1Cc1ccc(C)cc1. The van der Waals surface area contributed by atoms with Crippen LogP contribution >= 0.6 is 23.2 Å². The maximum absolute atomic E-state index is 13.2. The van der Waals surface area contributed by atoms with Crippen molar-refractivity contribution in [2.45, 2.75) is 38.5 Å². The average Bonchev–Trinajstić information content (AvgIpc) is 2.82. The summed E-state index contributed by atoms with van der Waals surface area (Å²) in [5, 5.41) is 0.511. The minimum Gasteiger partial charge on any atom is -0.354 e. The monoisotopic (exact) mass is 518 g/mol. The van der Waals surface area contributed by atoms with Crippen molar-refractivity contribution in [3.8, 4) is 0 Å². The van der Waals surface area contributed by atoms with Crippen LogP contribution in [0.25, 0.3) is 0 Å². The summed E-state index contributed by atoms with van der Waals surface area (Å²) in [6, 6.07) is 13.0. The molecule has 34 heavy (non-hydrogen) atoms. The second-order valence-corrected chi connectivity index (χ2v) is 11.3. The highest BCUT2D eigenvalue weighted by atomic mass is 35.5. The zero-order valence-corrected chi connectivity index (χ0v) is 21.9. The van der Waals surface area contributed by atoms with E-state index in [9.17, 15) is 8.42 Å². The van der Waals surface area contributed by atoms with Crippen LogP contribution < -0.4 is 4.90 Å². The summed E-state index contributed by atoms with van der Waals surface area (Å²) in [4.78, 5) is 11.7. The number of sulfonamides is 1. The van der Waals surface area contributed by atoms with Gasteiger partial charge in [-0.3, -0.25) is 0 Å². The van der Waals surface area contributed by atoms with Gasteiger partial charge in [-0.15, -0.1) is 0 Å². The van der Waals surface area contributed by atoms with E-state index in [-0.39, 0.29) is 9.92 Å². The van der Waals surface area contributed by atoms with E-state index >= 15 is 0 Å². The molecule has 0 atom stereocenters. The summed E-state index contributed by atoms with van der Waals surface area (Å²) in [6.07, 6.45) is 1.54. The highest BCUT2D eigenvalue weighted by Crippen LogP contribution is 2.30. The molecule has 2 aromatic carbocycles. The Hall–Kier alpha value is -2.19. The zero-order chi connectivity index (χ0) is 24.5. The number of benzene rings is 2. The number of piperazine rings is 1. The lowest BCUT2D eigenvalue weighted by molar-refractivity contribution is 0.383. The molecule has 0 unspecified atom stereocenters. The van der Waals surface area contributed by atoms with E-state index in [2.05, 4.69) is 43.0 Å². The van der Waals surface area contributed by atoms with E-state index in [1.54, 1.807) is 6.07 Å². The number of aromatic nitrogens is 2. The van der Waals surface area contributed by atoms with Crippen LogP contribution in [0.2, 0.25) is 10.0 Å². The molecule has 0 bridgehead atoms. The minimum atomic E-state index is -3.75. The second-order valence-electron chi connectivity index (χ2n) is 8.50. The van der Waals surface area contributed by atoms with Crippen LogP contribution in [0.1, 0.15) is 35.1 Å². The number of hydrogen-bond acceptors (Lipinski definition) is 5. The standard InChI is InChI=1S/C25H28Cl2N4O2S/c1-4-23-21(15-19-7-5-17(2)6-8-19)25(29-18(3)28-23)30-11-13-31(14-12-30)34(32,33)24-16-20(26)9-10-22(24)27/h5-10,16H,4,11-15H2,1-3H3. The van der Waals surface area contributed by atoms with Crippen LogP contribution in [0.5, 0.6) is 0 Å². The quantitative estimate of drug-likeness (QED) is 0.455. The fraction of sp³-hybridized carbons (Fsp3) is 0.360. The van der Waals surface area contributed by atoms with Gasteiger partial charge in [0, 0.05) is 48.9 Å². The van der Waals surface area contributed by atoms with Crippen molar-refractivity contribution >= 4 is 39.0 Å². The van der Waals surface area contributed by atoms with Crippen molar-refractivity contribution in [1.82, 2.24) is 14.3 Å². The molecule has 1 aliphatic rings. The number of hydrogen-bond donors (Lipinski definition) is 0. The lowest BCUT2D eigenvalue weighted by Gasteiger charge is -2.36. The molecule has 9 heteroatoms. The van der Waals surface area contributed by atoms with Gasteiger partial charge >= 0.3 is 0 Å². The van der Waals surface area contributed by atoms with Crippen LogP contribution in [-0.2, 0) is 22.9 Å². The molecule has 0 radical (unpaired) electrons. The van der Waals surface area contributed by atoms with Gasteiger partial charge in [0.05, 0.1) is 5.02 Å². The topological polar surface area (TPSA) is 66.4 Å². The summed E-state index contributed by atoms with van der Waals surface area (Å²) >= 11 is 12.2. The van der Waals surface area contributed by atoms with Crippen LogP contribution in [0, 0.1) is 13.8 Å². The van der Waals surface area contributed by atoms with Gasteiger partial charge in [0.1, 0.15) is 16.5 Å². The van der Waals surface area contributed by atoms with Crippen molar-refractivity contribution in [2.24, 2.45) is 0 Å². The molecule has 3 aromatic rings. The number of nitrogens with zero attached hydrogens (tertiary/aromatic N) is 4. The fourth-order valence-corrected chi connectivity index (χ4v) is 6.40. The van der Waals surface area contributed by atoms with E-state index in [4.69, 9.17) is 33.2 Å². The second kappa shape index (κ2) is 10.2. The third-order valence-corrected chi connectivity index (χ3v) is 8.68.